The molecule has 0 spiro atoms. The number of hydrogen-bond donors (Lipinski definition) is 1. The van der Waals surface area contributed by atoms with Crippen LogP contribution in [0.15, 0.2) is 66.9 Å². The summed E-state index contributed by atoms with van der Waals surface area (Å²) >= 11 is 0. The molecule has 5 nitrogen and oxygen atoms in total. The van der Waals surface area contributed by atoms with Crippen LogP contribution in [-0.4, -0.2) is 25.9 Å². The average Bonchev–Trinajstić information content (AvgIpc) is 3.05. The fraction of sp³-hybridized carbons (Fsp3) is 0. The van der Waals surface area contributed by atoms with Crippen molar-refractivity contribution in [2.45, 2.75) is 0 Å². The van der Waals surface area contributed by atoms with E-state index in [0.717, 1.165) is 11.3 Å². The van der Waals surface area contributed by atoms with Gasteiger partial charge in [0.05, 0.1) is 11.9 Å². The summed E-state index contributed by atoms with van der Waals surface area (Å²) in [5, 5.41) is 17.1. The van der Waals surface area contributed by atoms with Crippen molar-refractivity contribution in [2.75, 3.05) is 0 Å². The summed E-state index contributed by atoms with van der Waals surface area (Å²) in [5.41, 5.74) is 1.94. The van der Waals surface area contributed by atoms with Crippen LogP contribution in [0.2, 0.25) is 0 Å². The summed E-state index contributed by atoms with van der Waals surface area (Å²) in [7, 11) is 0. The third-order valence-electron chi connectivity index (χ3n) is 3.09. The number of carbonyl (C=O) groups is 1. The van der Waals surface area contributed by atoms with Crippen LogP contribution < -0.4 is 0 Å². The number of allylic oxidation sites excluding steroid dienone is 1. The highest BCUT2D eigenvalue weighted by molar-refractivity contribution is 6.05. The van der Waals surface area contributed by atoms with E-state index in [-0.39, 0.29) is 17.2 Å². The summed E-state index contributed by atoms with van der Waals surface area (Å²) in [6.45, 7) is 0. The third kappa shape index (κ3) is 3.09. The smallest absolute Gasteiger partial charge is 0.207 e. The number of hydrogen-bond acceptors (Lipinski definition) is 4. The number of aromatic nitrogens is 3. The van der Waals surface area contributed by atoms with E-state index in [1.54, 1.807) is 41.2 Å². The van der Waals surface area contributed by atoms with E-state index < -0.39 is 0 Å². The normalized spacial score (nSPS) is 10.9. The van der Waals surface area contributed by atoms with Crippen molar-refractivity contribution in [1.29, 1.82) is 0 Å². The number of nitrogens with zero attached hydrogens (tertiary/aromatic N) is 3. The Morgan fingerprint density at radius 1 is 1.05 bits per heavy atom. The molecule has 2 aromatic carbocycles. The van der Waals surface area contributed by atoms with Crippen LogP contribution in [0, 0.1) is 0 Å². The highest BCUT2D eigenvalue weighted by Crippen LogP contribution is 2.11. The first-order valence-electron chi connectivity index (χ1n) is 6.71. The molecule has 0 fully saturated rings. The second-order valence-electron chi connectivity index (χ2n) is 4.67. The lowest BCUT2D eigenvalue weighted by atomic mass is 10.2. The van der Waals surface area contributed by atoms with Crippen LogP contribution in [-0.2, 0) is 0 Å². The first kappa shape index (κ1) is 13.8. The van der Waals surface area contributed by atoms with E-state index in [4.69, 9.17) is 0 Å². The van der Waals surface area contributed by atoms with Gasteiger partial charge in [0.25, 0.3) is 0 Å². The Bertz CT molecular complexity index is 805. The minimum absolute atomic E-state index is 0.189. The monoisotopic (exact) mass is 291 g/mol. The minimum Gasteiger partial charge on any atom is -0.508 e. The molecule has 108 valence electrons. The fourth-order valence-corrected chi connectivity index (χ4v) is 1.93. The number of carbonyl (C=O) groups excluding carboxylic acids is 1. The molecule has 5 heteroatoms. The number of phenols is 1. The first-order valence-corrected chi connectivity index (χ1v) is 6.71. The van der Waals surface area contributed by atoms with Gasteiger partial charge in [-0.3, -0.25) is 4.79 Å². The highest BCUT2D eigenvalue weighted by Gasteiger charge is 2.08. The molecule has 3 aromatic rings. The van der Waals surface area contributed by atoms with Crippen molar-refractivity contribution in [2.24, 2.45) is 0 Å². The van der Waals surface area contributed by atoms with Gasteiger partial charge in [-0.05, 0) is 35.9 Å². The van der Waals surface area contributed by atoms with Gasteiger partial charge in [-0.25, -0.2) is 4.68 Å². The molecule has 0 atom stereocenters. The Morgan fingerprint density at radius 2 is 1.77 bits per heavy atom. The van der Waals surface area contributed by atoms with Crippen LogP contribution in [0.1, 0.15) is 16.1 Å². The van der Waals surface area contributed by atoms with Crippen molar-refractivity contribution >= 4 is 11.9 Å². The SMILES string of the molecule is O=C(/C=C/c1ccc(O)cc1)c1cn(-c2ccccc2)nn1. The van der Waals surface area contributed by atoms with E-state index in [1.165, 1.54) is 6.08 Å². The van der Waals surface area contributed by atoms with Crippen molar-refractivity contribution in [1.82, 2.24) is 15.0 Å². The van der Waals surface area contributed by atoms with E-state index >= 15 is 0 Å². The number of ketones is 1. The molecule has 1 aromatic heterocycles. The second kappa shape index (κ2) is 6.05. The molecule has 0 radical (unpaired) electrons. The maximum atomic E-state index is 12.1. The fourth-order valence-electron chi connectivity index (χ4n) is 1.93. The topological polar surface area (TPSA) is 68.0 Å². The van der Waals surface area contributed by atoms with Crippen molar-refractivity contribution in [3.8, 4) is 11.4 Å². The molecule has 0 aliphatic carbocycles. The Morgan fingerprint density at radius 3 is 2.50 bits per heavy atom. The first-order chi connectivity index (χ1) is 10.7. The van der Waals surface area contributed by atoms with Crippen molar-refractivity contribution < 1.29 is 9.90 Å². The Kier molecular flexibility index (Phi) is 3.78. The molecule has 22 heavy (non-hydrogen) atoms. The molecule has 0 amide bonds. The molecule has 0 unspecified atom stereocenters. The van der Waals surface area contributed by atoms with Gasteiger partial charge in [-0.15, -0.1) is 5.10 Å². The minimum atomic E-state index is -0.227. The predicted octanol–water partition coefficient (Wildman–Crippen LogP) is 2.87. The summed E-state index contributed by atoms with van der Waals surface area (Å²) < 4.78 is 1.56. The summed E-state index contributed by atoms with van der Waals surface area (Å²) in [6.07, 6.45) is 4.70. The lowest BCUT2D eigenvalue weighted by molar-refractivity contribution is 0.104. The van der Waals surface area contributed by atoms with E-state index in [9.17, 15) is 9.90 Å². The Labute approximate surface area is 127 Å². The third-order valence-corrected chi connectivity index (χ3v) is 3.09. The van der Waals surface area contributed by atoms with E-state index in [1.807, 2.05) is 30.3 Å². The lowest BCUT2D eigenvalue weighted by Crippen LogP contribution is -1.94. The molecule has 0 saturated heterocycles. The summed E-state index contributed by atoms with van der Waals surface area (Å²) in [5.74, 6) is -0.0375. The summed E-state index contributed by atoms with van der Waals surface area (Å²) in [4.78, 5) is 12.1. The number of phenolic OH excluding ortho intramolecular Hbond substituents is 1. The number of rotatable bonds is 4. The molecule has 1 heterocycles. The molecule has 0 bridgehead atoms. The Balaban J connectivity index is 1.76. The molecular weight excluding hydrogens is 278 g/mol. The maximum absolute atomic E-state index is 12.1. The molecule has 0 saturated carbocycles. The zero-order chi connectivity index (χ0) is 15.4. The molecular formula is C17H13N3O2. The Hall–Kier alpha value is -3.21. The van der Waals surface area contributed by atoms with Crippen LogP contribution in [0.3, 0.4) is 0 Å². The molecule has 1 N–H and O–H groups in total. The lowest BCUT2D eigenvalue weighted by Gasteiger charge is -1.96. The second-order valence-corrected chi connectivity index (χ2v) is 4.67. The van der Waals surface area contributed by atoms with Gasteiger partial charge in [0.15, 0.2) is 5.69 Å². The largest absolute Gasteiger partial charge is 0.508 e. The molecule has 3 rings (SSSR count). The van der Waals surface area contributed by atoms with Crippen LogP contribution in [0.4, 0.5) is 0 Å². The average molecular weight is 291 g/mol. The zero-order valence-corrected chi connectivity index (χ0v) is 11.6. The van der Waals surface area contributed by atoms with Crippen molar-refractivity contribution in [3.63, 3.8) is 0 Å². The van der Waals surface area contributed by atoms with Gasteiger partial charge in [-0.2, -0.15) is 0 Å². The zero-order valence-electron chi connectivity index (χ0n) is 11.6. The van der Waals surface area contributed by atoms with Gasteiger partial charge in [0, 0.05) is 0 Å². The van der Waals surface area contributed by atoms with E-state index in [0.29, 0.717) is 0 Å². The molecule has 0 aliphatic heterocycles. The van der Waals surface area contributed by atoms with Crippen LogP contribution >= 0.6 is 0 Å². The quantitative estimate of drug-likeness (QED) is 0.593. The summed E-state index contributed by atoms with van der Waals surface area (Å²) in [6, 6.07) is 16.0. The van der Waals surface area contributed by atoms with Gasteiger partial charge >= 0.3 is 0 Å². The van der Waals surface area contributed by atoms with Gasteiger partial charge < -0.3 is 5.11 Å². The molecule has 0 aliphatic rings. The van der Waals surface area contributed by atoms with Crippen molar-refractivity contribution in [3.05, 3.63) is 78.1 Å². The highest BCUT2D eigenvalue weighted by atomic mass is 16.3. The number of aromatic hydroxyl groups is 1. The standard InChI is InChI=1S/C17H13N3O2/c21-15-9-6-13(7-10-15)8-11-17(22)16-12-20(19-18-16)14-4-2-1-3-5-14/h1-12,21H/b11-8+. The van der Waals surface area contributed by atoms with Gasteiger partial charge in [-0.1, -0.05) is 41.6 Å². The van der Waals surface area contributed by atoms with Crippen LogP contribution in [0.25, 0.3) is 11.8 Å². The van der Waals surface area contributed by atoms with Crippen LogP contribution in [0.5, 0.6) is 5.75 Å². The number of benzene rings is 2. The number of para-hydroxylation sites is 1. The predicted molar refractivity (Wildman–Crippen MR) is 82.8 cm³/mol. The van der Waals surface area contributed by atoms with Gasteiger partial charge in [0.2, 0.25) is 5.78 Å². The van der Waals surface area contributed by atoms with Gasteiger partial charge in [0.1, 0.15) is 5.75 Å². The van der Waals surface area contributed by atoms with E-state index in [2.05, 4.69) is 10.3 Å². The maximum Gasteiger partial charge on any atom is 0.207 e.